The molecule has 2 rings (SSSR count). The van der Waals surface area contributed by atoms with Crippen molar-refractivity contribution >= 4 is 22.6 Å². The van der Waals surface area contributed by atoms with Gasteiger partial charge in [-0.2, -0.15) is 0 Å². The van der Waals surface area contributed by atoms with Gasteiger partial charge in [0.15, 0.2) is 5.17 Å². The zero-order chi connectivity index (χ0) is 11.4. The molecule has 1 atom stereocenters. The SMILES string of the molecule is CCCC1CN=C(Nc2ccccc2C)S1. The largest absolute Gasteiger partial charge is 0.335 e. The minimum atomic E-state index is 0.677. The van der Waals surface area contributed by atoms with Crippen LogP contribution >= 0.6 is 11.8 Å². The minimum Gasteiger partial charge on any atom is -0.335 e. The Hall–Kier alpha value is -0.960. The number of anilines is 1. The van der Waals surface area contributed by atoms with E-state index in [2.05, 4.69) is 48.4 Å². The number of aliphatic imine (C=N–C) groups is 1. The lowest BCUT2D eigenvalue weighted by Crippen LogP contribution is -2.08. The van der Waals surface area contributed by atoms with E-state index in [0.717, 1.165) is 11.7 Å². The van der Waals surface area contributed by atoms with Crippen LogP contribution in [0.15, 0.2) is 29.3 Å². The number of aryl methyl sites for hydroxylation is 1. The predicted molar refractivity (Wildman–Crippen MR) is 73.4 cm³/mol. The summed E-state index contributed by atoms with van der Waals surface area (Å²) in [5.41, 5.74) is 2.44. The number of thioether (sulfide) groups is 1. The molecule has 16 heavy (non-hydrogen) atoms. The van der Waals surface area contributed by atoms with Crippen LogP contribution < -0.4 is 5.32 Å². The summed E-state index contributed by atoms with van der Waals surface area (Å²) in [6.45, 7) is 5.31. The number of nitrogens with one attached hydrogen (secondary N) is 1. The Morgan fingerprint density at radius 2 is 2.25 bits per heavy atom. The molecule has 1 aromatic carbocycles. The zero-order valence-electron chi connectivity index (χ0n) is 9.86. The van der Waals surface area contributed by atoms with Gasteiger partial charge in [-0.15, -0.1) is 0 Å². The van der Waals surface area contributed by atoms with E-state index in [-0.39, 0.29) is 0 Å². The lowest BCUT2D eigenvalue weighted by atomic mass is 10.2. The second-order valence-corrected chi connectivity index (χ2v) is 5.40. The Bertz CT molecular complexity index is 387. The maximum Gasteiger partial charge on any atom is 0.161 e. The number of nitrogens with zero attached hydrogens (tertiary/aromatic N) is 1. The van der Waals surface area contributed by atoms with Crippen LogP contribution in [0, 0.1) is 6.92 Å². The van der Waals surface area contributed by atoms with Crippen molar-refractivity contribution in [2.24, 2.45) is 4.99 Å². The average Bonchev–Trinajstić information content (AvgIpc) is 2.70. The molecule has 0 saturated carbocycles. The first-order valence-electron chi connectivity index (χ1n) is 5.83. The second kappa shape index (κ2) is 5.39. The average molecular weight is 234 g/mol. The van der Waals surface area contributed by atoms with Crippen LogP contribution in [0.5, 0.6) is 0 Å². The number of benzene rings is 1. The molecule has 0 saturated heterocycles. The molecule has 1 aromatic rings. The summed E-state index contributed by atoms with van der Waals surface area (Å²) >= 11 is 1.88. The molecule has 0 aromatic heterocycles. The molecule has 1 heterocycles. The van der Waals surface area contributed by atoms with E-state index in [1.807, 2.05) is 11.8 Å². The molecule has 0 spiro atoms. The Labute approximate surface area is 102 Å². The molecule has 0 amide bonds. The molecule has 0 radical (unpaired) electrons. The summed E-state index contributed by atoms with van der Waals surface area (Å²) in [6, 6.07) is 8.33. The van der Waals surface area contributed by atoms with Crippen molar-refractivity contribution in [2.75, 3.05) is 11.9 Å². The maximum absolute atomic E-state index is 4.54. The van der Waals surface area contributed by atoms with Crippen molar-refractivity contribution in [1.82, 2.24) is 0 Å². The standard InChI is InChI=1S/C13H18N2S/c1-3-6-11-9-14-13(16-11)15-12-8-5-4-7-10(12)2/h4-5,7-8,11H,3,6,9H2,1-2H3,(H,14,15). The van der Waals surface area contributed by atoms with E-state index in [0.29, 0.717) is 5.25 Å². The van der Waals surface area contributed by atoms with E-state index in [1.54, 1.807) is 0 Å². The first kappa shape index (κ1) is 11.5. The van der Waals surface area contributed by atoms with Gasteiger partial charge in [0, 0.05) is 10.9 Å². The Morgan fingerprint density at radius 1 is 1.44 bits per heavy atom. The minimum absolute atomic E-state index is 0.677. The Morgan fingerprint density at radius 3 is 3.00 bits per heavy atom. The summed E-state index contributed by atoms with van der Waals surface area (Å²) in [5.74, 6) is 0. The third-order valence-corrected chi connectivity index (χ3v) is 3.89. The highest BCUT2D eigenvalue weighted by atomic mass is 32.2. The van der Waals surface area contributed by atoms with E-state index < -0.39 is 0 Å². The highest BCUT2D eigenvalue weighted by molar-refractivity contribution is 8.15. The van der Waals surface area contributed by atoms with Crippen molar-refractivity contribution in [1.29, 1.82) is 0 Å². The Kier molecular flexibility index (Phi) is 3.88. The first-order valence-corrected chi connectivity index (χ1v) is 6.71. The van der Waals surface area contributed by atoms with Crippen molar-refractivity contribution in [3.63, 3.8) is 0 Å². The molecule has 0 bridgehead atoms. The van der Waals surface area contributed by atoms with Gasteiger partial charge in [0.2, 0.25) is 0 Å². The smallest absolute Gasteiger partial charge is 0.161 e. The second-order valence-electron chi connectivity index (χ2n) is 4.11. The fourth-order valence-electron chi connectivity index (χ4n) is 1.79. The maximum atomic E-state index is 4.54. The number of amidine groups is 1. The highest BCUT2D eigenvalue weighted by Gasteiger charge is 2.18. The molecular weight excluding hydrogens is 216 g/mol. The highest BCUT2D eigenvalue weighted by Crippen LogP contribution is 2.26. The zero-order valence-corrected chi connectivity index (χ0v) is 10.7. The monoisotopic (exact) mass is 234 g/mol. The topological polar surface area (TPSA) is 24.4 Å². The van der Waals surface area contributed by atoms with Gasteiger partial charge in [0.1, 0.15) is 0 Å². The van der Waals surface area contributed by atoms with Gasteiger partial charge in [0.05, 0.1) is 6.54 Å². The molecule has 86 valence electrons. The van der Waals surface area contributed by atoms with E-state index in [4.69, 9.17) is 0 Å². The van der Waals surface area contributed by atoms with Crippen LogP contribution in [0.2, 0.25) is 0 Å². The summed E-state index contributed by atoms with van der Waals surface area (Å²) in [6.07, 6.45) is 2.50. The number of hydrogen-bond acceptors (Lipinski definition) is 3. The van der Waals surface area contributed by atoms with Crippen LogP contribution in [0.4, 0.5) is 5.69 Å². The molecule has 1 aliphatic heterocycles. The van der Waals surface area contributed by atoms with Crippen molar-refractivity contribution in [3.05, 3.63) is 29.8 Å². The Balaban J connectivity index is 1.95. The molecule has 2 nitrogen and oxygen atoms in total. The molecule has 0 fully saturated rings. The third kappa shape index (κ3) is 2.79. The van der Waals surface area contributed by atoms with Crippen LogP contribution in [-0.2, 0) is 0 Å². The van der Waals surface area contributed by atoms with Gasteiger partial charge in [-0.05, 0) is 25.0 Å². The van der Waals surface area contributed by atoms with Crippen LogP contribution in [0.3, 0.4) is 0 Å². The molecular formula is C13H18N2S. The lowest BCUT2D eigenvalue weighted by molar-refractivity contribution is 0.754. The van der Waals surface area contributed by atoms with Gasteiger partial charge in [-0.3, -0.25) is 4.99 Å². The van der Waals surface area contributed by atoms with Crippen molar-refractivity contribution < 1.29 is 0 Å². The summed E-state index contributed by atoms with van der Waals surface area (Å²) in [4.78, 5) is 4.54. The molecule has 1 aliphatic rings. The number of para-hydroxylation sites is 1. The molecule has 0 aliphatic carbocycles. The summed E-state index contributed by atoms with van der Waals surface area (Å²) in [5, 5.41) is 5.16. The third-order valence-electron chi connectivity index (χ3n) is 2.71. The molecule has 3 heteroatoms. The van der Waals surface area contributed by atoms with Gasteiger partial charge in [0.25, 0.3) is 0 Å². The van der Waals surface area contributed by atoms with E-state index in [9.17, 15) is 0 Å². The first-order chi connectivity index (χ1) is 7.79. The molecule has 1 unspecified atom stereocenters. The van der Waals surface area contributed by atoms with Crippen molar-refractivity contribution in [3.8, 4) is 0 Å². The van der Waals surface area contributed by atoms with Gasteiger partial charge < -0.3 is 5.32 Å². The van der Waals surface area contributed by atoms with Gasteiger partial charge in [-0.1, -0.05) is 43.3 Å². The number of hydrogen-bond donors (Lipinski definition) is 1. The van der Waals surface area contributed by atoms with E-state index >= 15 is 0 Å². The summed E-state index contributed by atoms with van der Waals surface area (Å²) in [7, 11) is 0. The van der Waals surface area contributed by atoms with Gasteiger partial charge >= 0.3 is 0 Å². The van der Waals surface area contributed by atoms with Crippen LogP contribution in [-0.4, -0.2) is 17.0 Å². The number of rotatable bonds is 3. The van der Waals surface area contributed by atoms with Crippen molar-refractivity contribution in [2.45, 2.75) is 31.9 Å². The van der Waals surface area contributed by atoms with Crippen LogP contribution in [0.25, 0.3) is 0 Å². The van der Waals surface area contributed by atoms with Gasteiger partial charge in [-0.25, -0.2) is 0 Å². The van der Waals surface area contributed by atoms with E-state index in [1.165, 1.54) is 24.1 Å². The van der Waals surface area contributed by atoms with Crippen LogP contribution in [0.1, 0.15) is 25.3 Å². The quantitative estimate of drug-likeness (QED) is 0.862. The normalized spacial score (nSPS) is 19.6. The fraction of sp³-hybridized carbons (Fsp3) is 0.462. The summed E-state index contributed by atoms with van der Waals surface area (Å²) < 4.78 is 0. The predicted octanol–water partition coefficient (Wildman–Crippen LogP) is 3.68. The lowest BCUT2D eigenvalue weighted by Gasteiger charge is -2.09. The molecule has 1 N–H and O–H groups in total. The fourth-order valence-corrected chi connectivity index (χ4v) is 2.92.